The number of amides is 1. The van der Waals surface area contributed by atoms with Gasteiger partial charge in [-0.25, -0.2) is 0 Å². The maximum atomic E-state index is 13.4. The molecule has 2 saturated heterocycles. The highest BCUT2D eigenvalue weighted by molar-refractivity contribution is 5.97. The summed E-state index contributed by atoms with van der Waals surface area (Å²) < 4.78 is 1.98. The van der Waals surface area contributed by atoms with Gasteiger partial charge in [-0.2, -0.15) is 0 Å². The van der Waals surface area contributed by atoms with E-state index in [4.69, 9.17) is 4.98 Å². The SMILES string of the molecule is Cc1cc(-c2cc(CNCc3cn(C)c4cc(N5CCNCC5=O)ccc4c3=O)cc(C)n2)c(N2CCCCC2)cn1. The van der Waals surface area contributed by atoms with Gasteiger partial charge in [0.25, 0.3) is 0 Å². The molecule has 0 atom stereocenters. The van der Waals surface area contributed by atoms with Gasteiger partial charge in [-0.05, 0) is 75.1 Å². The van der Waals surface area contributed by atoms with Crippen LogP contribution in [0.4, 0.5) is 11.4 Å². The van der Waals surface area contributed by atoms with Crippen molar-refractivity contribution in [2.45, 2.75) is 46.2 Å². The Kier molecular flexibility index (Phi) is 8.04. The summed E-state index contributed by atoms with van der Waals surface area (Å²) in [5.74, 6) is 0.0442. The van der Waals surface area contributed by atoms with E-state index in [-0.39, 0.29) is 11.3 Å². The number of aromatic nitrogens is 3. The lowest BCUT2D eigenvalue weighted by Gasteiger charge is -2.30. The van der Waals surface area contributed by atoms with Gasteiger partial charge >= 0.3 is 0 Å². The van der Waals surface area contributed by atoms with Gasteiger partial charge in [-0.3, -0.25) is 19.6 Å². The number of nitrogens with zero attached hydrogens (tertiary/aromatic N) is 5. The third-order valence-electron chi connectivity index (χ3n) is 8.30. The minimum atomic E-state index is 0.0128. The number of carbonyl (C=O) groups is 1. The molecule has 9 nitrogen and oxygen atoms in total. The molecule has 3 aromatic heterocycles. The van der Waals surface area contributed by atoms with Crippen LogP contribution in [0.5, 0.6) is 0 Å². The Morgan fingerprint density at radius 3 is 2.60 bits per heavy atom. The fraction of sp³-hybridized carbons (Fsp3) is 0.394. The van der Waals surface area contributed by atoms with Gasteiger partial charge in [0, 0.05) is 86.1 Å². The first kappa shape index (κ1) is 28.1. The molecule has 5 heterocycles. The standard InChI is InChI=1S/C33H39N7O2/c1-22-14-28(31(19-36-22)39-10-5-4-6-11-39)29-15-24(13-23(2)37-29)17-35-18-25-21-38(3)30-16-26(7-8-27(30)33(25)42)40-12-9-34-20-32(40)41/h7-8,13-16,19,21,34-35H,4-6,9-12,17-18,20H2,1-3H3. The highest BCUT2D eigenvalue weighted by atomic mass is 16.2. The normalized spacial score (nSPS) is 15.9. The minimum absolute atomic E-state index is 0.0128. The first-order chi connectivity index (χ1) is 20.4. The largest absolute Gasteiger partial charge is 0.370 e. The van der Waals surface area contributed by atoms with E-state index in [0.29, 0.717) is 37.1 Å². The van der Waals surface area contributed by atoms with Gasteiger partial charge in [0.1, 0.15) is 0 Å². The van der Waals surface area contributed by atoms with Crippen molar-refractivity contribution >= 4 is 28.2 Å². The summed E-state index contributed by atoms with van der Waals surface area (Å²) >= 11 is 0. The Labute approximate surface area is 246 Å². The maximum Gasteiger partial charge on any atom is 0.240 e. The molecule has 218 valence electrons. The van der Waals surface area contributed by atoms with Crippen molar-refractivity contribution < 1.29 is 4.79 Å². The molecule has 9 heteroatoms. The van der Waals surface area contributed by atoms with E-state index >= 15 is 0 Å². The number of hydrogen-bond acceptors (Lipinski definition) is 7. The van der Waals surface area contributed by atoms with Crippen molar-refractivity contribution in [2.75, 3.05) is 42.5 Å². The number of fused-ring (bicyclic) bond motifs is 1. The van der Waals surface area contributed by atoms with Crippen LogP contribution in [0.3, 0.4) is 0 Å². The van der Waals surface area contributed by atoms with Crippen LogP contribution in [-0.2, 0) is 24.9 Å². The second-order valence-corrected chi connectivity index (χ2v) is 11.5. The number of piperazine rings is 1. The van der Waals surface area contributed by atoms with Gasteiger partial charge in [-0.15, -0.1) is 0 Å². The van der Waals surface area contributed by atoms with Gasteiger partial charge in [-0.1, -0.05) is 0 Å². The molecule has 1 amide bonds. The number of pyridine rings is 3. The molecule has 2 fully saturated rings. The Hall–Kier alpha value is -4.08. The van der Waals surface area contributed by atoms with Crippen LogP contribution in [0.15, 0.2) is 53.6 Å². The Morgan fingerprint density at radius 1 is 0.952 bits per heavy atom. The molecule has 4 aromatic rings. The molecule has 0 radical (unpaired) electrons. The number of rotatable bonds is 7. The van der Waals surface area contributed by atoms with E-state index in [1.54, 1.807) is 4.90 Å². The average molecular weight is 566 g/mol. The number of carbonyl (C=O) groups excluding carboxylic acids is 1. The zero-order valence-corrected chi connectivity index (χ0v) is 24.7. The number of nitrogens with one attached hydrogen (secondary N) is 2. The first-order valence-corrected chi connectivity index (χ1v) is 14.9. The molecule has 42 heavy (non-hydrogen) atoms. The topological polar surface area (TPSA) is 95.4 Å². The molecule has 0 saturated carbocycles. The number of aryl methyl sites for hydroxylation is 3. The summed E-state index contributed by atoms with van der Waals surface area (Å²) in [6, 6.07) is 12.1. The average Bonchev–Trinajstić information content (AvgIpc) is 3.00. The third kappa shape index (κ3) is 5.80. The molecule has 2 aliphatic heterocycles. The maximum absolute atomic E-state index is 13.4. The number of piperidine rings is 1. The van der Waals surface area contributed by atoms with Gasteiger partial charge < -0.3 is 25.0 Å². The van der Waals surface area contributed by atoms with Crippen molar-refractivity contribution in [1.82, 2.24) is 25.2 Å². The molecule has 0 aliphatic carbocycles. The van der Waals surface area contributed by atoms with Crippen molar-refractivity contribution in [3.05, 3.63) is 81.5 Å². The lowest BCUT2D eigenvalue weighted by molar-refractivity contribution is -0.118. The van der Waals surface area contributed by atoms with E-state index in [1.165, 1.54) is 19.3 Å². The summed E-state index contributed by atoms with van der Waals surface area (Å²) in [7, 11) is 1.95. The van der Waals surface area contributed by atoms with Crippen LogP contribution in [-0.4, -0.2) is 53.2 Å². The first-order valence-electron chi connectivity index (χ1n) is 14.9. The monoisotopic (exact) mass is 565 g/mol. The summed E-state index contributed by atoms with van der Waals surface area (Å²) in [6.45, 7) is 8.93. The van der Waals surface area contributed by atoms with E-state index in [9.17, 15) is 9.59 Å². The number of hydrogen-bond donors (Lipinski definition) is 2. The Morgan fingerprint density at radius 2 is 1.79 bits per heavy atom. The summed E-state index contributed by atoms with van der Waals surface area (Å²) in [5.41, 5.74) is 8.67. The highest BCUT2D eigenvalue weighted by Crippen LogP contribution is 2.32. The molecule has 1 aromatic carbocycles. The van der Waals surface area contributed by atoms with E-state index < -0.39 is 0 Å². The van der Waals surface area contributed by atoms with Crippen molar-refractivity contribution in [1.29, 1.82) is 0 Å². The highest BCUT2D eigenvalue weighted by Gasteiger charge is 2.21. The Bertz CT molecular complexity index is 1690. The third-order valence-corrected chi connectivity index (χ3v) is 8.30. The van der Waals surface area contributed by atoms with Crippen LogP contribution in [0, 0.1) is 13.8 Å². The number of anilines is 2. The molecule has 0 bridgehead atoms. The van der Waals surface area contributed by atoms with Crippen LogP contribution in [0.2, 0.25) is 0 Å². The quantitative estimate of drug-likeness (QED) is 0.352. The Balaban J connectivity index is 1.21. The predicted molar refractivity (Wildman–Crippen MR) is 168 cm³/mol. The second kappa shape index (κ2) is 12.0. The van der Waals surface area contributed by atoms with Crippen molar-refractivity contribution in [3.63, 3.8) is 0 Å². The lowest BCUT2D eigenvalue weighted by atomic mass is 10.0. The van der Waals surface area contributed by atoms with Crippen LogP contribution >= 0.6 is 0 Å². The molecule has 2 aliphatic rings. The smallest absolute Gasteiger partial charge is 0.240 e. The van der Waals surface area contributed by atoms with Gasteiger partial charge in [0.15, 0.2) is 5.43 Å². The summed E-state index contributed by atoms with van der Waals surface area (Å²) in [5, 5.41) is 7.25. The van der Waals surface area contributed by atoms with Gasteiger partial charge in [0.2, 0.25) is 5.91 Å². The van der Waals surface area contributed by atoms with Crippen LogP contribution in [0.25, 0.3) is 22.2 Å². The van der Waals surface area contributed by atoms with E-state index in [0.717, 1.165) is 64.7 Å². The summed E-state index contributed by atoms with van der Waals surface area (Å²) in [6.07, 6.45) is 7.58. The van der Waals surface area contributed by atoms with E-state index in [1.807, 2.05) is 56.1 Å². The summed E-state index contributed by atoms with van der Waals surface area (Å²) in [4.78, 5) is 39.5. The molecule has 2 N–H and O–H groups in total. The fourth-order valence-corrected chi connectivity index (χ4v) is 6.18. The zero-order chi connectivity index (χ0) is 29.2. The fourth-order valence-electron chi connectivity index (χ4n) is 6.18. The van der Waals surface area contributed by atoms with E-state index in [2.05, 4.69) is 38.7 Å². The van der Waals surface area contributed by atoms with Crippen LogP contribution < -0.4 is 25.9 Å². The molecule has 6 rings (SSSR count). The number of benzene rings is 1. The van der Waals surface area contributed by atoms with Gasteiger partial charge in [0.05, 0.1) is 29.6 Å². The lowest BCUT2D eigenvalue weighted by Crippen LogP contribution is -2.48. The second-order valence-electron chi connectivity index (χ2n) is 11.5. The molecule has 0 unspecified atom stereocenters. The van der Waals surface area contributed by atoms with Crippen molar-refractivity contribution in [3.8, 4) is 11.3 Å². The molecule has 0 spiro atoms. The minimum Gasteiger partial charge on any atom is -0.370 e. The molecular weight excluding hydrogens is 526 g/mol. The zero-order valence-electron chi connectivity index (χ0n) is 24.7. The van der Waals surface area contributed by atoms with Crippen LogP contribution in [0.1, 0.15) is 41.8 Å². The van der Waals surface area contributed by atoms with Crippen molar-refractivity contribution in [2.24, 2.45) is 7.05 Å². The molecular formula is C33H39N7O2. The predicted octanol–water partition coefficient (Wildman–Crippen LogP) is 3.83.